The van der Waals surface area contributed by atoms with Gasteiger partial charge in [-0.3, -0.25) is 0 Å². The predicted molar refractivity (Wildman–Crippen MR) is 56.5 cm³/mol. The number of ether oxygens (including phenoxy) is 1. The highest BCUT2D eigenvalue weighted by Gasteiger charge is 2.03. The average molecular weight is 172 g/mol. The van der Waals surface area contributed by atoms with Gasteiger partial charge in [-0.15, -0.1) is 0 Å². The second-order valence-electron chi connectivity index (χ2n) is 2.78. The molecule has 74 valence electrons. The van der Waals surface area contributed by atoms with Crippen LogP contribution in [0.15, 0.2) is 11.1 Å². The zero-order valence-corrected chi connectivity index (χ0v) is 9.69. The van der Waals surface area contributed by atoms with Crippen LogP contribution in [0.25, 0.3) is 0 Å². The topological polar surface area (TPSA) is 9.23 Å². The Labute approximate surface area is 77.8 Å². The van der Waals surface area contributed by atoms with Gasteiger partial charge in [0.1, 0.15) is 0 Å². The Hall–Kier alpha value is -0.300. The molecule has 0 fully saturated rings. The van der Waals surface area contributed by atoms with Crippen molar-refractivity contribution in [3.05, 3.63) is 11.1 Å². The Morgan fingerprint density at radius 3 is 1.83 bits per heavy atom. The molecule has 0 aromatic rings. The number of hydrogen-bond acceptors (Lipinski definition) is 1. The van der Waals surface area contributed by atoms with Crippen LogP contribution < -0.4 is 0 Å². The molecule has 12 heavy (non-hydrogen) atoms. The number of rotatable bonds is 3. The average Bonchev–Trinajstić information content (AvgIpc) is 2.07. The van der Waals surface area contributed by atoms with Crippen molar-refractivity contribution >= 4 is 0 Å². The van der Waals surface area contributed by atoms with E-state index in [0.717, 1.165) is 6.61 Å². The van der Waals surface area contributed by atoms with Gasteiger partial charge in [0.2, 0.25) is 0 Å². The molecule has 0 heterocycles. The van der Waals surface area contributed by atoms with Gasteiger partial charge in [0.25, 0.3) is 0 Å². The van der Waals surface area contributed by atoms with E-state index in [-0.39, 0.29) is 6.10 Å². The molecule has 0 aliphatic carbocycles. The third-order valence-electron chi connectivity index (χ3n) is 1.82. The van der Waals surface area contributed by atoms with Gasteiger partial charge in [0, 0.05) is 6.61 Å². The fourth-order valence-electron chi connectivity index (χ4n) is 0.782. The highest BCUT2D eigenvalue weighted by molar-refractivity contribution is 5.10. The van der Waals surface area contributed by atoms with Crippen LogP contribution in [-0.2, 0) is 4.74 Å². The van der Waals surface area contributed by atoms with Gasteiger partial charge in [-0.2, -0.15) is 0 Å². The SMILES string of the molecule is CC.CCOC(C)C(C)=C(C)C. The summed E-state index contributed by atoms with van der Waals surface area (Å²) in [7, 11) is 0. The summed E-state index contributed by atoms with van der Waals surface area (Å²) < 4.78 is 5.41. The molecular formula is C11H24O. The van der Waals surface area contributed by atoms with E-state index >= 15 is 0 Å². The van der Waals surface area contributed by atoms with Gasteiger partial charge in [0.15, 0.2) is 0 Å². The Balaban J connectivity index is 0. The second-order valence-corrected chi connectivity index (χ2v) is 2.78. The Morgan fingerprint density at radius 1 is 1.17 bits per heavy atom. The maximum absolute atomic E-state index is 5.41. The minimum atomic E-state index is 0.287. The summed E-state index contributed by atoms with van der Waals surface area (Å²) in [4.78, 5) is 0. The van der Waals surface area contributed by atoms with Crippen LogP contribution in [0.1, 0.15) is 48.5 Å². The third kappa shape index (κ3) is 6.41. The van der Waals surface area contributed by atoms with Crippen molar-refractivity contribution in [3.63, 3.8) is 0 Å². The summed E-state index contributed by atoms with van der Waals surface area (Å²) in [6.07, 6.45) is 0.287. The minimum Gasteiger partial charge on any atom is -0.374 e. The highest BCUT2D eigenvalue weighted by atomic mass is 16.5. The summed E-state index contributed by atoms with van der Waals surface area (Å²) in [5, 5.41) is 0. The summed E-state index contributed by atoms with van der Waals surface area (Å²) in [5.41, 5.74) is 2.71. The molecule has 0 saturated heterocycles. The highest BCUT2D eigenvalue weighted by Crippen LogP contribution is 2.09. The normalized spacial score (nSPS) is 11.2. The van der Waals surface area contributed by atoms with Crippen molar-refractivity contribution in [1.29, 1.82) is 0 Å². The first-order valence-corrected chi connectivity index (χ1v) is 4.85. The van der Waals surface area contributed by atoms with Crippen molar-refractivity contribution in [2.24, 2.45) is 0 Å². The fourth-order valence-corrected chi connectivity index (χ4v) is 0.782. The van der Waals surface area contributed by atoms with Crippen molar-refractivity contribution in [1.82, 2.24) is 0 Å². The first-order valence-electron chi connectivity index (χ1n) is 4.85. The molecule has 1 unspecified atom stereocenters. The summed E-state index contributed by atoms with van der Waals surface area (Å²) in [6.45, 7) is 15.3. The molecule has 0 bridgehead atoms. The molecule has 0 radical (unpaired) electrons. The maximum Gasteiger partial charge on any atom is 0.0756 e. The minimum absolute atomic E-state index is 0.287. The van der Waals surface area contributed by atoms with Crippen LogP contribution in [-0.4, -0.2) is 12.7 Å². The fraction of sp³-hybridized carbons (Fsp3) is 0.818. The lowest BCUT2D eigenvalue weighted by Gasteiger charge is -2.13. The molecule has 0 rings (SSSR count). The molecule has 1 heteroatoms. The molecule has 0 saturated carbocycles. The van der Waals surface area contributed by atoms with Crippen LogP contribution in [0.5, 0.6) is 0 Å². The van der Waals surface area contributed by atoms with E-state index in [0.29, 0.717) is 0 Å². The molecular weight excluding hydrogens is 148 g/mol. The first kappa shape index (κ1) is 14.2. The van der Waals surface area contributed by atoms with E-state index in [1.54, 1.807) is 0 Å². The lowest BCUT2D eigenvalue weighted by atomic mass is 10.1. The van der Waals surface area contributed by atoms with Crippen molar-refractivity contribution in [3.8, 4) is 0 Å². The Bertz CT molecular complexity index is 121. The third-order valence-corrected chi connectivity index (χ3v) is 1.82. The quantitative estimate of drug-likeness (QED) is 0.588. The second kappa shape index (κ2) is 8.79. The van der Waals surface area contributed by atoms with Crippen LogP contribution in [0.4, 0.5) is 0 Å². The van der Waals surface area contributed by atoms with E-state index < -0.39 is 0 Å². The monoisotopic (exact) mass is 172 g/mol. The molecule has 1 nitrogen and oxygen atoms in total. The van der Waals surface area contributed by atoms with Crippen molar-refractivity contribution in [2.45, 2.75) is 54.6 Å². The summed E-state index contributed by atoms with van der Waals surface area (Å²) in [6, 6.07) is 0. The summed E-state index contributed by atoms with van der Waals surface area (Å²) >= 11 is 0. The standard InChI is InChI=1S/C9H18O.C2H6/c1-6-10-9(5)8(4)7(2)3;1-2/h9H,6H2,1-5H3;1-2H3. The molecule has 0 N–H and O–H groups in total. The largest absolute Gasteiger partial charge is 0.374 e. The zero-order chi connectivity index (χ0) is 10.1. The smallest absolute Gasteiger partial charge is 0.0756 e. The number of hydrogen-bond donors (Lipinski definition) is 0. The van der Waals surface area contributed by atoms with E-state index in [4.69, 9.17) is 4.74 Å². The van der Waals surface area contributed by atoms with Crippen molar-refractivity contribution < 1.29 is 4.74 Å². The molecule has 0 spiro atoms. The number of allylic oxidation sites excluding steroid dienone is 1. The molecule has 0 aliphatic rings. The first-order chi connectivity index (χ1) is 5.59. The van der Waals surface area contributed by atoms with E-state index in [1.165, 1.54) is 11.1 Å². The zero-order valence-electron chi connectivity index (χ0n) is 9.69. The van der Waals surface area contributed by atoms with E-state index in [1.807, 2.05) is 20.8 Å². The molecule has 0 aromatic carbocycles. The molecule has 0 aromatic heterocycles. The van der Waals surface area contributed by atoms with Gasteiger partial charge >= 0.3 is 0 Å². The van der Waals surface area contributed by atoms with Gasteiger partial charge in [0.05, 0.1) is 6.10 Å². The van der Waals surface area contributed by atoms with Gasteiger partial charge in [-0.05, 0) is 40.2 Å². The van der Waals surface area contributed by atoms with E-state index in [2.05, 4.69) is 27.7 Å². The predicted octanol–water partition coefficient (Wildman–Crippen LogP) is 3.79. The van der Waals surface area contributed by atoms with Crippen LogP contribution in [0, 0.1) is 0 Å². The summed E-state index contributed by atoms with van der Waals surface area (Å²) in [5.74, 6) is 0. The van der Waals surface area contributed by atoms with Crippen LogP contribution in [0.2, 0.25) is 0 Å². The Morgan fingerprint density at radius 2 is 1.58 bits per heavy atom. The van der Waals surface area contributed by atoms with Gasteiger partial charge in [-0.25, -0.2) is 0 Å². The van der Waals surface area contributed by atoms with Crippen LogP contribution >= 0.6 is 0 Å². The van der Waals surface area contributed by atoms with Gasteiger partial charge < -0.3 is 4.74 Å². The lowest BCUT2D eigenvalue weighted by Crippen LogP contribution is -2.09. The lowest BCUT2D eigenvalue weighted by molar-refractivity contribution is 0.101. The molecule has 0 aliphatic heterocycles. The van der Waals surface area contributed by atoms with Gasteiger partial charge in [-0.1, -0.05) is 19.4 Å². The Kier molecular flexibility index (Phi) is 10.4. The maximum atomic E-state index is 5.41. The molecule has 1 atom stereocenters. The van der Waals surface area contributed by atoms with Crippen molar-refractivity contribution in [2.75, 3.05) is 6.61 Å². The van der Waals surface area contributed by atoms with Crippen LogP contribution in [0.3, 0.4) is 0 Å². The molecule has 0 amide bonds. The van der Waals surface area contributed by atoms with E-state index in [9.17, 15) is 0 Å².